The van der Waals surface area contributed by atoms with Gasteiger partial charge < -0.3 is 5.73 Å². The van der Waals surface area contributed by atoms with Crippen molar-refractivity contribution in [1.82, 2.24) is 4.98 Å². The van der Waals surface area contributed by atoms with E-state index in [4.69, 9.17) is 5.73 Å². The van der Waals surface area contributed by atoms with Crippen LogP contribution in [0.2, 0.25) is 0 Å². The second kappa shape index (κ2) is 5.58. The van der Waals surface area contributed by atoms with E-state index in [1.54, 1.807) is 0 Å². The molecule has 2 heterocycles. The third kappa shape index (κ3) is 2.28. The van der Waals surface area contributed by atoms with Gasteiger partial charge in [-0.3, -0.25) is 4.79 Å². The predicted molar refractivity (Wildman–Crippen MR) is 97.1 cm³/mol. The summed E-state index contributed by atoms with van der Waals surface area (Å²) in [7, 11) is 0. The van der Waals surface area contributed by atoms with Gasteiger partial charge in [-0.15, -0.1) is 0 Å². The minimum atomic E-state index is -0.256. The van der Waals surface area contributed by atoms with Crippen molar-refractivity contribution < 1.29 is 4.79 Å². The van der Waals surface area contributed by atoms with Gasteiger partial charge in [-0.1, -0.05) is 47.2 Å². The number of thiazole rings is 1. The number of fused-ring (bicyclic) bond motifs is 1. The number of carbonyl (C=O) groups excluding carboxylic acids is 1. The highest BCUT2D eigenvalue weighted by Gasteiger charge is 2.33. The van der Waals surface area contributed by atoms with E-state index in [-0.39, 0.29) is 5.91 Å². The molecule has 1 aliphatic rings. The van der Waals surface area contributed by atoms with Crippen molar-refractivity contribution in [3.8, 4) is 0 Å². The van der Waals surface area contributed by atoms with Crippen LogP contribution in [-0.4, -0.2) is 16.6 Å². The van der Waals surface area contributed by atoms with Crippen LogP contribution in [0.15, 0.2) is 65.4 Å². The smallest absolute Gasteiger partial charge is 0.284 e. The maximum atomic E-state index is 12.7. The number of nitrogens with two attached hydrogens (primary N) is 1. The monoisotopic (exact) mass is 334 g/mol. The van der Waals surface area contributed by atoms with Crippen molar-refractivity contribution in [2.24, 2.45) is 10.8 Å². The molecule has 0 unspecified atom stereocenters. The molecule has 118 valence electrons. The molecule has 1 amide bonds. The second-order valence-electron chi connectivity index (χ2n) is 5.48. The first-order valence-corrected chi connectivity index (χ1v) is 8.27. The second-order valence-corrected chi connectivity index (χ2v) is 6.49. The fraction of sp³-hybridized carbons (Fsp3) is 0.0556. The molecule has 0 bridgehead atoms. The Morgan fingerprint density at radius 2 is 2.00 bits per heavy atom. The molecule has 4 rings (SSSR count). The first-order valence-electron chi connectivity index (χ1n) is 7.45. The van der Waals surface area contributed by atoms with Gasteiger partial charge in [-0.05, 0) is 25.1 Å². The van der Waals surface area contributed by atoms with Crippen molar-refractivity contribution in [2.75, 3.05) is 5.01 Å². The fourth-order valence-electron chi connectivity index (χ4n) is 2.65. The zero-order chi connectivity index (χ0) is 16.7. The normalized spacial score (nSPS) is 16.2. The van der Waals surface area contributed by atoms with E-state index >= 15 is 0 Å². The Hall–Kier alpha value is -2.99. The van der Waals surface area contributed by atoms with Gasteiger partial charge in [0, 0.05) is 11.8 Å². The first-order chi connectivity index (χ1) is 11.7. The summed E-state index contributed by atoms with van der Waals surface area (Å²) in [5, 5.41) is 6.38. The van der Waals surface area contributed by atoms with Gasteiger partial charge >= 0.3 is 0 Å². The topological polar surface area (TPSA) is 71.6 Å². The number of benzene rings is 2. The van der Waals surface area contributed by atoms with E-state index in [0.29, 0.717) is 16.4 Å². The van der Waals surface area contributed by atoms with Crippen LogP contribution in [0.25, 0.3) is 10.2 Å². The highest BCUT2D eigenvalue weighted by molar-refractivity contribution is 7.22. The largest absolute Gasteiger partial charge is 0.404 e. The summed E-state index contributed by atoms with van der Waals surface area (Å²) < 4.78 is 1.01. The number of anilines is 1. The van der Waals surface area contributed by atoms with Crippen LogP contribution >= 0.6 is 11.3 Å². The summed E-state index contributed by atoms with van der Waals surface area (Å²) in [6.07, 6.45) is 1.32. The van der Waals surface area contributed by atoms with Gasteiger partial charge in [0.2, 0.25) is 5.13 Å². The number of amides is 1. The van der Waals surface area contributed by atoms with Gasteiger partial charge in [-0.25, -0.2) is 4.98 Å². The zero-order valence-electron chi connectivity index (χ0n) is 12.9. The lowest BCUT2D eigenvalue weighted by Crippen LogP contribution is -2.21. The minimum Gasteiger partial charge on any atom is -0.404 e. The Bertz CT molecular complexity index is 986. The van der Waals surface area contributed by atoms with Crippen molar-refractivity contribution in [3.05, 3.63) is 71.4 Å². The fourth-order valence-corrected chi connectivity index (χ4v) is 3.57. The lowest BCUT2D eigenvalue weighted by molar-refractivity contribution is -0.114. The number of nitrogens with zero attached hydrogens (tertiary/aromatic N) is 3. The first kappa shape index (κ1) is 14.6. The molecule has 0 fully saturated rings. The Morgan fingerprint density at radius 3 is 2.75 bits per heavy atom. The molecule has 0 aliphatic carbocycles. The average molecular weight is 334 g/mol. The van der Waals surface area contributed by atoms with Crippen molar-refractivity contribution in [2.45, 2.75) is 6.92 Å². The van der Waals surface area contributed by atoms with E-state index in [1.807, 2.05) is 55.5 Å². The van der Waals surface area contributed by atoms with Crippen LogP contribution in [0.4, 0.5) is 5.13 Å². The lowest BCUT2D eigenvalue weighted by Gasteiger charge is -2.05. The maximum Gasteiger partial charge on any atom is 0.284 e. The highest BCUT2D eigenvalue weighted by atomic mass is 32.1. The van der Waals surface area contributed by atoms with Crippen LogP contribution in [0, 0.1) is 6.92 Å². The third-order valence-corrected chi connectivity index (χ3v) is 4.81. The van der Waals surface area contributed by atoms with Gasteiger partial charge in [0.15, 0.2) is 0 Å². The Kier molecular flexibility index (Phi) is 3.39. The summed E-state index contributed by atoms with van der Waals surface area (Å²) in [6.45, 7) is 2.00. The lowest BCUT2D eigenvalue weighted by atomic mass is 10.0. The van der Waals surface area contributed by atoms with Gasteiger partial charge in [0.05, 0.1) is 15.8 Å². The molecule has 2 N–H and O–H groups in total. The Morgan fingerprint density at radius 1 is 1.17 bits per heavy atom. The zero-order valence-corrected chi connectivity index (χ0v) is 13.7. The molecular weight excluding hydrogens is 320 g/mol. The highest BCUT2D eigenvalue weighted by Crippen LogP contribution is 2.32. The molecule has 6 heteroatoms. The van der Waals surface area contributed by atoms with E-state index in [2.05, 4.69) is 10.1 Å². The summed E-state index contributed by atoms with van der Waals surface area (Å²) in [6, 6.07) is 15.6. The van der Waals surface area contributed by atoms with Crippen LogP contribution in [-0.2, 0) is 4.79 Å². The van der Waals surface area contributed by atoms with Gasteiger partial charge in [0.1, 0.15) is 5.71 Å². The van der Waals surface area contributed by atoms with E-state index in [1.165, 1.54) is 22.5 Å². The SMILES string of the molecule is Cc1cccc(C2=NN(c3nc4ccccc4s3)C(=O)/C2=C/N)c1. The molecule has 24 heavy (non-hydrogen) atoms. The Labute approximate surface area is 142 Å². The summed E-state index contributed by atoms with van der Waals surface area (Å²) in [5.74, 6) is -0.256. The van der Waals surface area contributed by atoms with Crippen molar-refractivity contribution in [3.63, 3.8) is 0 Å². The number of hydrazone groups is 1. The number of aryl methyl sites for hydroxylation is 1. The number of aromatic nitrogens is 1. The van der Waals surface area contributed by atoms with Crippen LogP contribution in [0.1, 0.15) is 11.1 Å². The number of para-hydroxylation sites is 1. The minimum absolute atomic E-state index is 0.256. The van der Waals surface area contributed by atoms with Crippen molar-refractivity contribution >= 4 is 38.3 Å². The third-order valence-electron chi connectivity index (χ3n) is 3.80. The molecule has 0 atom stereocenters. The molecule has 3 aromatic rings. The molecule has 0 radical (unpaired) electrons. The van der Waals surface area contributed by atoms with Gasteiger partial charge in [-0.2, -0.15) is 10.1 Å². The summed E-state index contributed by atoms with van der Waals surface area (Å²) >= 11 is 1.43. The molecule has 1 aromatic heterocycles. The average Bonchev–Trinajstić information content (AvgIpc) is 3.15. The molecular formula is C18H14N4OS. The molecule has 1 aliphatic heterocycles. The maximum absolute atomic E-state index is 12.7. The molecule has 5 nitrogen and oxygen atoms in total. The van der Waals surface area contributed by atoms with Crippen LogP contribution < -0.4 is 10.7 Å². The number of hydrogen-bond donors (Lipinski definition) is 1. The quantitative estimate of drug-likeness (QED) is 0.732. The summed E-state index contributed by atoms with van der Waals surface area (Å²) in [4.78, 5) is 17.2. The van der Waals surface area contributed by atoms with Crippen LogP contribution in [0.3, 0.4) is 0 Å². The Balaban J connectivity index is 1.83. The van der Waals surface area contributed by atoms with Gasteiger partial charge in [0.25, 0.3) is 5.91 Å². The predicted octanol–water partition coefficient (Wildman–Crippen LogP) is 3.20. The standard InChI is InChI=1S/C18H14N4OS/c1-11-5-4-6-12(9-11)16-13(10-19)17(23)22(21-16)18-20-14-7-2-3-8-15(14)24-18/h2-10H,19H2,1H3/b13-10+. The molecule has 0 saturated heterocycles. The molecule has 0 saturated carbocycles. The van der Waals surface area contributed by atoms with E-state index in [9.17, 15) is 4.79 Å². The molecule has 2 aromatic carbocycles. The number of hydrogen-bond acceptors (Lipinski definition) is 5. The van der Waals surface area contributed by atoms with E-state index < -0.39 is 0 Å². The molecule has 0 spiro atoms. The number of rotatable bonds is 2. The number of carbonyl (C=O) groups is 1. The van der Waals surface area contributed by atoms with Crippen molar-refractivity contribution in [1.29, 1.82) is 0 Å². The summed E-state index contributed by atoms with van der Waals surface area (Å²) in [5.41, 5.74) is 9.47. The van der Waals surface area contributed by atoms with E-state index in [0.717, 1.165) is 21.3 Å². The van der Waals surface area contributed by atoms with Crippen LogP contribution in [0.5, 0.6) is 0 Å².